The molecule has 0 amide bonds. The highest BCUT2D eigenvalue weighted by molar-refractivity contribution is 5.62. The summed E-state index contributed by atoms with van der Waals surface area (Å²) < 4.78 is 5.42. The van der Waals surface area contributed by atoms with Gasteiger partial charge in [0.1, 0.15) is 5.75 Å². The van der Waals surface area contributed by atoms with Crippen LogP contribution in [0.25, 0.3) is 0 Å². The van der Waals surface area contributed by atoms with Crippen LogP contribution in [0.5, 0.6) is 5.75 Å². The van der Waals surface area contributed by atoms with E-state index >= 15 is 0 Å². The smallest absolute Gasteiger partial charge is 0.119 e. The van der Waals surface area contributed by atoms with Crippen LogP contribution in [-0.4, -0.2) is 19.7 Å². The molecule has 2 atom stereocenters. The molecule has 2 aliphatic rings. The molecule has 2 aromatic rings. The van der Waals surface area contributed by atoms with Gasteiger partial charge in [0.2, 0.25) is 0 Å². The van der Waals surface area contributed by atoms with Crippen LogP contribution in [0.3, 0.4) is 0 Å². The predicted octanol–water partition coefficient (Wildman–Crippen LogP) is 3.27. The van der Waals surface area contributed by atoms with Crippen LogP contribution in [0.2, 0.25) is 0 Å². The Hall–Kier alpha value is -2.00. The molecule has 1 saturated heterocycles. The second-order valence-electron chi connectivity index (χ2n) is 6.36. The number of methoxy groups -OCH3 is 1. The normalized spacial score (nSPS) is 23.1. The van der Waals surface area contributed by atoms with Crippen molar-refractivity contribution in [3.63, 3.8) is 0 Å². The molecule has 1 fully saturated rings. The number of piperidine rings is 1. The minimum Gasteiger partial charge on any atom is -0.497 e. The minimum absolute atomic E-state index is 0.300. The second kappa shape index (κ2) is 5.33. The average Bonchev–Trinajstić information content (AvgIpc) is 2.68. The van der Waals surface area contributed by atoms with E-state index in [0.717, 1.165) is 31.6 Å². The molecule has 0 bridgehead atoms. The van der Waals surface area contributed by atoms with Crippen LogP contribution >= 0.6 is 0 Å². The van der Waals surface area contributed by atoms with Gasteiger partial charge in [0.05, 0.1) is 13.2 Å². The number of fused-ring (bicyclic) bond motifs is 5. The summed E-state index contributed by atoms with van der Waals surface area (Å²) in [4.78, 5) is 2.55. The van der Waals surface area contributed by atoms with Crippen LogP contribution in [0.15, 0.2) is 42.5 Å². The fourth-order valence-electron chi connectivity index (χ4n) is 3.91. The molecular formula is C19H22N2O. The van der Waals surface area contributed by atoms with Crippen molar-refractivity contribution in [2.75, 3.05) is 18.6 Å². The Bertz CT molecular complexity index is 698. The summed E-state index contributed by atoms with van der Waals surface area (Å²) in [5, 5.41) is 0. The number of hydrogen-bond acceptors (Lipinski definition) is 3. The molecule has 2 N–H and O–H groups in total. The maximum Gasteiger partial charge on any atom is 0.119 e. The lowest BCUT2D eigenvalue weighted by Crippen LogP contribution is -2.42. The van der Waals surface area contributed by atoms with E-state index in [1.807, 2.05) is 0 Å². The number of hydrogen-bond donors (Lipinski definition) is 1. The quantitative estimate of drug-likeness (QED) is 0.877. The monoisotopic (exact) mass is 294 g/mol. The molecule has 3 nitrogen and oxygen atoms in total. The molecule has 0 radical (unpaired) electrons. The van der Waals surface area contributed by atoms with Crippen LogP contribution in [0.4, 0.5) is 5.69 Å². The van der Waals surface area contributed by atoms with Gasteiger partial charge in [-0.1, -0.05) is 24.3 Å². The van der Waals surface area contributed by atoms with Crippen LogP contribution in [0, 0.1) is 0 Å². The van der Waals surface area contributed by atoms with Gasteiger partial charge in [-0.05, 0) is 54.2 Å². The Kier molecular flexibility index (Phi) is 3.30. The second-order valence-corrected chi connectivity index (χ2v) is 6.36. The lowest BCUT2D eigenvalue weighted by molar-refractivity contribution is 0.412. The zero-order chi connectivity index (χ0) is 15.1. The molecule has 0 spiro atoms. The van der Waals surface area contributed by atoms with Crippen LogP contribution < -0.4 is 15.4 Å². The number of anilines is 1. The maximum absolute atomic E-state index is 6.27. The lowest BCUT2D eigenvalue weighted by Gasteiger charge is -2.40. The van der Waals surface area contributed by atoms with Crippen LogP contribution in [0.1, 0.15) is 35.6 Å². The number of benzene rings is 2. The summed E-state index contributed by atoms with van der Waals surface area (Å²) in [7, 11) is 1.73. The first kappa shape index (κ1) is 13.6. The van der Waals surface area contributed by atoms with Crippen molar-refractivity contribution in [2.45, 2.75) is 31.3 Å². The van der Waals surface area contributed by atoms with Crippen molar-refractivity contribution in [2.24, 2.45) is 5.73 Å². The topological polar surface area (TPSA) is 38.5 Å². The summed E-state index contributed by atoms with van der Waals surface area (Å²) >= 11 is 0. The molecule has 0 aromatic heterocycles. The van der Waals surface area contributed by atoms with Crippen LogP contribution in [-0.2, 0) is 6.42 Å². The molecule has 22 heavy (non-hydrogen) atoms. The lowest BCUT2D eigenvalue weighted by atomic mass is 9.90. The Morgan fingerprint density at radius 1 is 1.14 bits per heavy atom. The van der Waals surface area contributed by atoms with E-state index < -0.39 is 0 Å². The highest BCUT2D eigenvalue weighted by atomic mass is 16.5. The fraction of sp³-hybridized carbons (Fsp3) is 0.368. The fourth-order valence-corrected chi connectivity index (χ4v) is 3.91. The van der Waals surface area contributed by atoms with E-state index in [2.05, 4.69) is 47.4 Å². The van der Waals surface area contributed by atoms with Crippen molar-refractivity contribution >= 4 is 5.69 Å². The summed E-state index contributed by atoms with van der Waals surface area (Å²) in [5.74, 6) is 0.934. The first-order valence-corrected chi connectivity index (χ1v) is 8.03. The summed E-state index contributed by atoms with van der Waals surface area (Å²) in [5.41, 5.74) is 11.8. The largest absolute Gasteiger partial charge is 0.497 e. The van der Waals surface area contributed by atoms with E-state index in [0.29, 0.717) is 12.1 Å². The zero-order valence-electron chi connectivity index (χ0n) is 13.0. The molecular weight excluding hydrogens is 272 g/mol. The van der Waals surface area contributed by atoms with Gasteiger partial charge >= 0.3 is 0 Å². The number of rotatable bonds is 1. The summed E-state index contributed by atoms with van der Waals surface area (Å²) in [6, 6.07) is 16.0. The van der Waals surface area contributed by atoms with E-state index in [1.54, 1.807) is 7.11 Å². The third kappa shape index (κ3) is 2.17. The molecule has 114 valence electrons. The third-order valence-electron chi connectivity index (χ3n) is 5.03. The van der Waals surface area contributed by atoms with E-state index in [9.17, 15) is 0 Å². The van der Waals surface area contributed by atoms with Gasteiger partial charge in [-0.25, -0.2) is 0 Å². The molecule has 0 aliphatic carbocycles. The van der Waals surface area contributed by atoms with Gasteiger partial charge in [0.15, 0.2) is 0 Å². The summed E-state index contributed by atoms with van der Waals surface area (Å²) in [6.45, 7) is 1.03. The van der Waals surface area contributed by atoms with Crippen molar-refractivity contribution in [3.05, 3.63) is 59.2 Å². The Morgan fingerprint density at radius 3 is 2.86 bits per heavy atom. The van der Waals surface area contributed by atoms with Gasteiger partial charge in [-0.2, -0.15) is 0 Å². The number of nitrogens with zero attached hydrogens (tertiary/aromatic N) is 1. The Labute approximate surface area is 131 Å². The van der Waals surface area contributed by atoms with Crippen molar-refractivity contribution in [1.82, 2.24) is 0 Å². The van der Waals surface area contributed by atoms with E-state index in [-0.39, 0.29) is 0 Å². The van der Waals surface area contributed by atoms with Gasteiger partial charge in [0.25, 0.3) is 0 Å². The van der Waals surface area contributed by atoms with Crippen molar-refractivity contribution in [3.8, 4) is 5.75 Å². The minimum atomic E-state index is 0.300. The number of nitrogens with two attached hydrogens (primary N) is 1. The van der Waals surface area contributed by atoms with Gasteiger partial charge < -0.3 is 15.4 Å². The Morgan fingerprint density at radius 2 is 2.00 bits per heavy atom. The third-order valence-corrected chi connectivity index (χ3v) is 5.03. The Balaban J connectivity index is 1.88. The van der Waals surface area contributed by atoms with E-state index in [1.165, 1.54) is 22.4 Å². The van der Waals surface area contributed by atoms with Crippen molar-refractivity contribution < 1.29 is 4.74 Å². The average molecular weight is 294 g/mol. The maximum atomic E-state index is 6.27. The standard InChI is InChI=1S/C19H22N2O/c1-22-16-6-7-18-14(11-16)10-13-4-2-3-5-17(13)19-12-15(20)8-9-21(18)19/h2-7,11,15,19H,8-10,12,20H2,1H3. The first-order valence-electron chi connectivity index (χ1n) is 8.03. The SMILES string of the molecule is COc1ccc2c(c1)Cc1ccccc1C1CC(N)CCN21. The number of ether oxygens (including phenoxy) is 1. The molecule has 2 unspecified atom stereocenters. The zero-order valence-corrected chi connectivity index (χ0v) is 13.0. The first-order chi connectivity index (χ1) is 10.8. The highest BCUT2D eigenvalue weighted by Gasteiger charge is 2.32. The summed E-state index contributed by atoms with van der Waals surface area (Å²) in [6.07, 6.45) is 3.05. The van der Waals surface area contributed by atoms with Gasteiger partial charge in [0, 0.05) is 18.3 Å². The van der Waals surface area contributed by atoms with Gasteiger partial charge in [-0.3, -0.25) is 0 Å². The molecule has 4 rings (SSSR count). The molecule has 3 heteroatoms. The highest BCUT2D eigenvalue weighted by Crippen LogP contribution is 2.42. The van der Waals surface area contributed by atoms with E-state index in [4.69, 9.17) is 10.5 Å². The van der Waals surface area contributed by atoms with Gasteiger partial charge in [-0.15, -0.1) is 0 Å². The molecule has 2 aromatic carbocycles. The van der Waals surface area contributed by atoms with Crippen molar-refractivity contribution in [1.29, 1.82) is 0 Å². The predicted molar refractivity (Wildman–Crippen MR) is 89.5 cm³/mol. The molecule has 0 saturated carbocycles. The molecule has 2 heterocycles. The molecule has 2 aliphatic heterocycles.